The number of anilines is 1. The van der Waals surface area contributed by atoms with E-state index in [1.807, 2.05) is 6.07 Å². The lowest BCUT2D eigenvalue weighted by atomic mass is 10.1. The molecule has 0 saturated carbocycles. The van der Waals surface area contributed by atoms with Crippen LogP contribution in [0.5, 0.6) is 0 Å². The van der Waals surface area contributed by atoms with Gasteiger partial charge in [0.2, 0.25) is 5.13 Å². The van der Waals surface area contributed by atoms with Crippen LogP contribution in [0.25, 0.3) is 11.6 Å². The second-order valence-corrected chi connectivity index (χ2v) is 5.13. The largest absolute Gasteiger partial charge is 0.374 e. The van der Waals surface area contributed by atoms with Crippen molar-refractivity contribution in [2.24, 2.45) is 0 Å². The first-order valence-electron chi connectivity index (χ1n) is 4.76. The van der Waals surface area contributed by atoms with E-state index in [1.165, 1.54) is 0 Å². The van der Waals surface area contributed by atoms with Crippen LogP contribution >= 0.6 is 34.5 Å². The van der Waals surface area contributed by atoms with Crippen LogP contribution in [0, 0.1) is 11.3 Å². The second-order valence-electron chi connectivity index (χ2n) is 3.28. The summed E-state index contributed by atoms with van der Waals surface area (Å²) in [5.41, 5.74) is 6.52. The van der Waals surface area contributed by atoms with E-state index < -0.39 is 0 Å². The van der Waals surface area contributed by atoms with Gasteiger partial charge in [0.25, 0.3) is 0 Å². The van der Waals surface area contributed by atoms with Gasteiger partial charge in [-0.25, -0.2) is 0 Å². The average Bonchev–Trinajstić information content (AvgIpc) is 2.75. The first-order valence-corrected chi connectivity index (χ1v) is 6.33. The number of nitrogens with two attached hydrogens (primary N) is 1. The number of aromatic nitrogens is 2. The molecule has 0 aliphatic carbocycles. The van der Waals surface area contributed by atoms with Crippen LogP contribution in [-0.4, -0.2) is 10.2 Å². The molecule has 0 amide bonds. The number of benzene rings is 1. The normalized spacial score (nSPS) is 11.3. The number of rotatable bonds is 2. The van der Waals surface area contributed by atoms with Crippen molar-refractivity contribution in [1.29, 1.82) is 5.26 Å². The fourth-order valence-electron chi connectivity index (χ4n) is 1.26. The molecule has 7 heteroatoms. The molecule has 18 heavy (non-hydrogen) atoms. The number of nitrogens with zero attached hydrogens (tertiary/aromatic N) is 3. The minimum absolute atomic E-state index is 0.313. The molecule has 0 spiro atoms. The van der Waals surface area contributed by atoms with E-state index in [0.717, 1.165) is 11.3 Å². The molecule has 2 rings (SSSR count). The second kappa shape index (κ2) is 5.36. The Labute approximate surface area is 117 Å². The van der Waals surface area contributed by atoms with E-state index in [0.29, 0.717) is 31.3 Å². The SMILES string of the molecule is N#CC(=Cc1ccc(Cl)cc1Cl)c1nnc(N)s1. The minimum Gasteiger partial charge on any atom is -0.374 e. The summed E-state index contributed by atoms with van der Waals surface area (Å²) in [7, 11) is 0. The highest BCUT2D eigenvalue weighted by Gasteiger charge is 2.08. The number of nitrogen functional groups attached to an aromatic ring is 1. The summed E-state index contributed by atoms with van der Waals surface area (Å²) in [6, 6.07) is 7.08. The molecular weight excluding hydrogens is 291 g/mol. The van der Waals surface area contributed by atoms with Gasteiger partial charge in [-0.05, 0) is 23.8 Å². The fourth-order valence-corrected chi connectivity index (χ4v) is 2.30. The van der Waals surface area contributed by atoms with Crippen molar-refractivity contribution in [2.45, 2.75) is 0 Å². The smallest absolute Gasteiger partial charge is 0.203 e. The van der Waals surface area contributed by atoms with Crippen LogP contribution in [-0.2, 0) is 0 Å². The minimum atomic E-state index is 0.313. The van der Waals surface area contributed by atoms with Crippen molar-refractivity contribution >= 4 is 51.3 Å². The molecule has 4 nitrogen and oxygen atoms in total. The van der Waals surface area contributed by atoms with Crippen LogP contribution in [0.15, 0.2) is 18.2 Å². The van der Waals surface area contributed by atoms with Gasteiger partial charge in [-0.1, -0.05) is 40.6 Å². The van der Waals surface area contributed by atoms with Gasteiger partial charge < -0.3 is 5.73 Å². The number of allylic oxidation sites excluding steroid dienone is 1. The van der Waals surface area contributed by atoms with E-state index in [-0.39, 0.29) is 0 Å². The van der Waals surface area contributed by atoms with E-state index in [4.69, 9.17) is 34.2 Å². The molecule has 0 aliphatic rings. The molecule has 0 saturated heterocycles. The van der Waals surface area contributed by atoms with Crippen LogP contribution in [0.2, 0.25) is 10.0 Å². The van der Waals surface area contributed by atoms with Crippen LogP contribution in [0.3, 0.4) is 0 Å². The Kier molecular flexibility index (Phi) is 3.82. The zero-order chi connectivity index (χ0) is 13.1. The number of nitriles is 1. The highest BCUT2D eigenvalue weighted by molar-refractivity contribution is 7.16. The highest BCUT2D eigenvalue weighted by Crippen LogP contribution is 2.27. The molecule has 0 unspecified atom stereocenters. The fraction of sp³-hybridized carbons (Fsp3) is 0. The maximum Gasteiger partial charge on any atom is 0.203 e. The molecule has 2 aromatic rings. The molecule has 2 N–H and O–H groups in total. The quantitative estimate of drug-likeness (QED) is 0.861. The molecule has 90 valence electrons. The van der Waals surface area contributed by atoms with Crippen molar-refractivity contribution in [2.75, 3.05) is 5.73 Å². The number of hydrogen-bond acceptors (Lipinski definition) is 5. The van der Waals surface area contributed by atoms with Crippen LogP contribution in [0.4, 0.5) is 5.13 Å². The third-order valence-corrected chi connectivity index (χ3v) is 3.40. The predicted octanol–water partition coefficient (Wildman–Crippen LogP) is 3.49. The first-order chi connectivity index (χ1) is 8.60. The molecule has 1 heterocycles. The summed E-state index contributed by atoms with van der Waals surface area (Å²) < 4.78 is 0. The maximum atomic E-state index is 9.11. The van der Waals surface area contributed by atoms with Gasteiger partial charge in [-0.15, -0.1) is 10.2 Å². The predicted molar refractivity (Wildman–Crippen MR) is 74.3 cm³/mol. The molecule has 0 radical (unpaired) electrons. The summed E-state index contributed by atoms with van der Waals surface area (Å²) in [5.74, 6) is 0. The number of halogens is 2. The highest BCUT2D eigenvalue weighted by atomic mass is 35.5. The number of hydrogen-bond donors (Lipinski definition) is 1. The molecule has 0 fully saturated rings. The average molecular weight is 297 g/mol. The summed E-state index contributed by atoms with van der Waals surface area (Å²) in [4.78, 5) is 0. The summed E-state index contributed by atoms with van der Waals surface area (Å²) in [6.45, 7) is 0. The lowest BCUT2D eigenvalue weighted by Crippen LogP contribution is -1.83. The Bertz CT molecular complexity index is 657. The summed E-state index contributed by atoms with van der Waals surface area (Å²) in [6.07, 6.45) is 1.62. The topological polar surface area (TPSA) is 75.6 Å². The monoisotopic (exact) mass is 296 g/mol. The standard InChI is InChI=1S/C11H6Cl2N4S/c12-8-2-1-6(9(13)4-8)3-7(5-14)10-16-17-11(15)18-10/h1-4H,(H2,15,17). The van der Waals surface area contributed by atoms with Gasteiger partial charge >= 0.3 is 0 Å². The van der Waals surface area contributed by atoms with E-state index in [9.17, 15) is 0 Å². The molecule has 0 aliphatic heterocycles. The van der Waals surface area contributed by atoms with Crippen molar-refractivity contribution < 1.29 is 0 Å². The summed E-state index contributed by atoms with van der Waals surface area (Å²) >= 11 is 13.0. The van der Waals surface area contributed by atoms with Crippen molar-refractivity contribution in [3.8, 4) is 6.07 Å². The summed E-state index contributed by atoms with van der Waals surface area (Å²) in [5, 5.41) is 18.4. The van der Waals surface area contributed by atoms with E-state index >= 15 is 0 Å². The molecule has 1 aromatic heterocycles. The van der Waals surface area contributed by atoms with Crippen molar-refractivity contribution in [1.82, 2.24) is 10.2 Å². The van der Waals surface area contributed by atoms with Crippen molar-refractivity contribution in [3.63, 3.8) is 0 Å². The lowest BCUT2D eigenvalue weighted by molar-refractivity contribution is 1.08. The molecular formula is C11H6Cl2N4S. The molecule has 1 aromatic carbocycles. The third kappa shape index (κ3) is 2.79. The third-order valence-electron chi connectivity index (χ3n) is 2.05. The Morgan fingerprint density at radius 2 is 2.17 bits per heavy atom. The Balaban J connectivity index is 2.45. The molecule has 0 bridgehead atoms. The van der Waals surface area contributed by atoms with E-state index in [2.05, 4.69) is 10.2 Å². The first kappa shape index (κ1) is 12.8. The van der Waals surface area contributed by atoms with Crippen LogP contribution in [0.1, 0.15) is 10.6 Å². The van der Waals surface area contributed by atoms with Crippen molar-refractivity contribution in [3.05, 3.63) is 38.8 Å². The molecule has 0 atom stereocenters. The van der Waals surface area contributed by atoms with Gasteiger partial charge in [-0.3, -0.25) is 0 Å². The Hall–Kier alpha value is -1.61. The van der Waals surface area contributed by atoms with Gasteiger partial charge in [0.05, 0.1) is 5.57 Å². The Morgan fingerprint density at radius 3 is 2.72 bits per heavy atom. The van der Waals surface area contributed by atoms with Gasteiger partial charge in [0.1, 0.15) is 6.07 Å². The van der Waals surface area contributed by atoms with Gasteiger partial charge in [0, 0.05) is 10.0 Å². The lowest BCUT2D eigenvalue weighted by Gasteiger charge is -1.99. The maximum absolute atomic E-state index is 9.11. The van der Waals surface area contributed by atoms with Gasteiger partial charge in [0.15, 0.2) is 5.01 Å². The Morgan fingerprint density at radius 1 is 1.39 bits per heavy atom. The zero-order valence-electron chi connectivity index (χ0n) is 8.89. The van der Waals surface area contributed by atoms with Crippen LogP contribution < -0.4 is 5.73 Å². The van der Waals surface area contributed by atoms with Gasteiger partial charge in [-0.2, -0.15) is 5.26 Å². The van der Waals surface area contributed by atoms with E-state index in [1.54, 1.807) is 24.3 Å². The zero-order valence-corrected chi connectivity index (χ0v) is 11.2.